The molecule has 0 bridgehead atoms. The Morgan fingerprint density at radius 2 is 1.82 bits per heavy atom. The fourth-order valence-electron chi connectivity index (χ4n) is 1.37. The molecule has 0 heterocycles. The van der Waals surface area contributed by atoms with Crippen molar-refractivity contribution in [2.45, 2.75) is 38.8 Å². The number of hydrogen-bond acceptors (Lipinski definition) is 6. The predicted molar refractivity (Wildman–Crippen MR) is 83.5 cm³/mol. The summed E-state index contributed by atoms with van der Waals surface area (Å²) in [7, 11) is 0. The lowest BCUT2D eigenvalue weighted by Gasteiger charge is -2.17. The summed E-state index contributed by atoms with van der Waals surface area (Å²) >= 11 is 3.98. The largest absolute Gasteiger partial charge is 0.480 e. The van der Waals surface area contributed by atoms with Crippen molar-refractivity contribution in [3.8, 4) is 0 Å². The monoisotopic (exact) mass is 333 g/mol. The molecule has 0 saturated carbocycles. The normalized spacial score (nSPS) is 13.3. The number of rotatable bonds is 10. The summed E-state index contributed by atoms with van der Waals surface area (Å²) in [4.78, 5) is 45.5. The first-order valence-electron chi connectivity index (χ1n) is 6.88. The molecular formula is C13H23N3O5S. The first-order chi connectivity index (χ1) is 10.2. The number of carboxylic acids is 1. The number of Topliss-reactive ketones (excluding diaryl/α,β-unsaturated/α-hetero) is 1. The Balaban J connectivity index is 4.28. The molecule has 8 nitrogen and oxygen atoms in total. The van der Waals surface area contributed by atoms with Gasteiger partial charge >= 0.3 is 5.97 Å². The number of ketones is 1. The fraction of sp³-hybridized carbons (Fsp3) is 0.692. The molecule has 22 heavy (non-hydrogen) atoms. The van der Waals surface area contributed by atoms with Crippen LogP contribution in [-0.2, 0) is 19.2 Å². The molecule has 2 atom stereocenters. The molecule has 5 N–H and O–H groups in total. The summed E-state index contributed by atoms with van der Waals surface area (Å²) in [6, 6.07) is -2.02. The molecule has 2 unspecified atom stereocenters. The van der Waals surface area contributed by atoms with Gasteiger partial charge < -0.3 is 21.5 Å². The van der Waals surface area contributed by atoms with Crippen molar-refractivity contribution in [1.29, 1.82) is 0 Å². The lowest BCUT2D eigenvalue weighted by molar-refractivity contribution is -0.138. The van der Waals surface area contributed by atoms with E-state index in [9.17, 15) is 19.2 Å². The van der Waals surface area contributed by atoms with E-state index in [1.165, 1.54) is 0 Å². The molecule has 9 heteroatoms. The van der Waals surface area contributed by atoms with E-state index >= 15 is 0 Å². The molecule has 0 aromatic rings. The van der Waals surface area contributed by atoms with Crippen LogP contribution in [0.3, 0.4) is 0 Å². The Hall–Kier alpha value is -1.61. The third-order valence-electron chi connectivity index (χ3n) is 2.91. The molecule has 0 saturated heterocycles. The summed E-state index contributed by atoms with van der Waals surface area (Å²) in [5.74, 6) is -2.46. The number of nitrogens with two attached hydrogens (primary N) is 1. The summed E-state index contributed by atoms with van der Waals surface area (Å²) in [6.07, 6.45) is -0.149. The third kappa shape index (κ3) is 7.99. The number of carboxylic acid groups (broad SMARTS) is 1. The summed E-state index contributed by atoms with van der Waals surface area (Å²) in [5, 5.41) is 13.5. The summed E-state index contributed by atoms with van der Waals surface area (Å²) < 4.78 is 0. The fourth-order valence-corrected chi connectivity index (χ4v) is 1.63. The van der Waals surface area contributed by atoms with Crippen molar-refractivity contribution in [2.75, 3.05) is 12.3 Å². The van der Waals surface area contributed by atoms with Gasteiger partial charge in [0.05, 0.1) is 6.54 Å². The van der Waals surface area contributed by atoms with E-state index in [4.69, 9.17) is 10.8 Å². The molecule has 0 aromatic carbocycles. The van der Waals surface area contributed by atoms with Crippen molar-refractivity contribution >= 4 is 36.2 Å². The number of amides is 2. The van der Waals surface area contributed by atoms with E-state index in [0.717, 1.165) is 0 Å². The third-order valence-corrected chi connectivity index (χ3v) is 3.28. The molecule has 126 valence electrons. The second-order valence-electron chi connectivity index (χ2n) is 5.12. The molecule has 0 aliphatic carbocycles. The molecule has 0 aromatic heterocycles. The number of hydrogen-bond donors (Lipinski definition) is 5. The number of thiol groups is 1. The number of nitrogens with one attached hydrogen (secondary N) is 2. The van der Waals surface area contributed by atoms with Crippen LogP contribution in [0.1, 0.15) is 26.7 Å². The topological polar surface area (TPSA) is 139 Å². The van der Waals surface area contributed by atoms with Gasteiger partial charge in [-0.3, -0.25) is 19.2 Å². The van der Waals surface area contributed by atoms with Crippen LogP contribution in [0, 0.1) is 5.92 Å². The van der Waals surface area contributed by atoms with Gasteiger partial charge in [-0.1, -0.05) is 13.8 Å². The van der Waals surface area contributed by atoms with Crippen LogP contribution < -0.4 is 16.4 Å². The maximum atomic E-state index is 11.8. The van der Waals surface area contributed by atoms with E-state index in [1.54, 1.807) is 13.8 Å². The van der Waals surface area contributed by atoms with Crippen LogP contribution in [0.5, 0.6) is 0 Å². The summed E-state index contributed by atoms with van der Waals surface area (Å²) in [5.41, 5.74) is 5.29. The Kier molecular flexibility index (Phi) is 9.43. The second kappa shape index (κ2) is 10.2. The molecule has 0 rings (SSSR count). The van der Waals surface area contributed by atoms with Gasteiger partial charge in [-0.05, 0) is 6.42 Å². The average molecular weight is 333 g/mol. The second-order valence-corrected chi connectivity index (χ2v) is 5.49. The van der Waals surface area contributed by atoms with Gasteiger partial charge in [-0.2, -0.15) is 12.6 Å². The van der Waals surface area contributed by atoms with Crippen LogP contribution in [0.15, 0.2) is 0 Å². The molecule has 0 radical (unpaired) electrons. The van der Waals surface area contributed by atoms with Crippen molar-refractivity contribution in [3.05, 3.63) is 0 Å². The lowest BCUT2D eigenvalue weighted by Crippen LogP contribution is -2.49. The molecule has 0 spiro atoms. The zero-order valence-electron chi connectivity index (χ0n) is 12.7. The standard InChI is InChI=1S/C13H23N3O5S/c1-7(2)10(17)5-15-12(19)9(6-22)16-11(18)4-3-8(14)13(20)21/h7-9,22H,3-6,14H2,1-2H3,(H,15,19)(H,16,18)(H,20,21). The van der Waals surface area contributed by atoms with Crippen LogP contribution in [0.2, 0.25) is 0 Å². The highest BCUT2D eigenvalue weighted by Gasteiger charge is 2.21. The zero-order valence-corrected chi connectivity index (χ0v) is 13.6. The molecule has 0 aliphatic heterocycles. The van der Waals surface area contributed by atoms with Gasteiger partial charge in [-0.15, -0.1) is 0 Å². The number of aliphatic carboxylic acids is 1. The van der Waals surface area contributed by atoms with E-state index < -0.39 is 29.9 Å². The van der Waals surface area contributed by atoms with Gasteiger partial charge in [0, 0.05) is 18.1 Å². The number of carbonyl (C=O) groups excluding carboxylic acids is 3. The van der Waals surface area contributed by atoms with Crippen molar-refractivity contribution in [1.82, 2.24) is 10.6 Å². The van der Waals surface area contributed by atoms with E-state index in [-0.39, 0.29) is 36.8 Å². The maximum Gasteiger partial charge on any atom is 0.320 e. The van der Waals surface area contributed by atoms with Crippen molar-refractivity contribution in [3.63, 3.8) is 0 Å². The molecule has 0 aliphatic rings. The predicted octanol–water partition coefficient (Wildman–Crippen LogP) is -1.07. The smallest absolute Gasteiger partial charge is 0.320 e. The lowest BCUT2D eigenvalue weighted by atomic mass is 10.1. The highest BCUT2D eigenvalue weighted by atomic mass is 32.1. The van der Waals surface area contributed by atoms with Crippen LogP contribution in [-0.4, -0.2) is 53.1 Å². The van der Waals surface area contributed by atoms with Crippen molar-refractivity contribution in [2.24, 2.45) is 11.7 Å². The minimum absolute atomic E-state index is 0.0338. The summed E-state index contributed by atoms with van der Waals surface area (Å²) in [6.45, 7) is 3.33. The molecule has 0 fully saturated rings. The first-order valence-corrected chi connectivity index (χ1v) is 7.51. The minimum Gasteiger partial charge on any atom is -0.480 e. The number of carbonyl (C=O) groups is 4. The van der Waals surface area contributed by atoms with Gasteiger partial charge in [0.2, 0.25) is 11.8 Å². The van der Waals surface area contributed by atoms with Crippen LogP contribution in [0.4, 0.5) is 0 Å². The Morgan fingerprint density at radius 1 is 1.23 bits per heavy atom. The Labute approximate surface area is 134 Å². The highest BCUT2D eigenvalue weighted by molar-refractivity contribution is 7.80. The average Bonchev–Trinajstić information content (AvgIpc) is 2.46. The van der Waals surface area contributed by atoms with Gasteiger partial charge in [0.25, 0.3) is 0 Å². The van der Waals surface area contributed by atoms with Crippen molar-refractivity contribution < 1.29 is 24.3 Å². The quantitative estimate of drug-likeness (QED) is 0.323. The maximum absolute atomic E-state index is 11.8. The van der Waals surface area contributed by atoms with Gasteiger partial charge in [0.15, 0.2) is 5.78 Å². The Morgan fingerprint density at radius 3 is 2.27 bits per heavy atom. The molecular weight excluding hydrogens is 310 g/mol. The van der Waals surface area contributed by atoms with Gasteiger partial charge in [0.1, 0.15) is 12.1 Å². The van der Waals surface area contributed by atoms with E-state index in [2.05, 4.69) is 23.3 Å². The first kappa shape index (κ1) is 20.4. The zero-order chi connectivity index (χ0) is 17.3. The van der Waals surface area contributed by atoms with Crippen LogP contribution >= 0.6 is 12.6 Å². The molecule has 2 amide bonds. The minimum atomic E-state index is -1.19. The SMILES string of the molecule is CC(C)C(=O)CNC(=O)C(CS)NC(=O)CCC(N)C(=O)O. The van der Waals surface area contributed by atoms with E-state index in [0.29, 0.717) is 0 Å². The van der Waals surface area contributed by atoms with Gasteiger partial charge in [-0.25, -0.2) is 0 Å². The highest BCUT2D eigenvalue weighted by Crippen LogP contribution is 1.98. The Bertz CT molecular complexity index is 428. The van der Waals surface area contributed by atoms with Crippen LogP contribution in [0.25, 0.3) is 0 Å². The van der Waals surface area contributed by atoms with E-state index in [1.807, 2.05) is 0 Å².